The van der Waals surface area contributed by atoms with Crippen molar-refractivity contribution < 1.29 is 34.4 Å². The number of amides is 2. The Morgan fingerprint density at radius 2 is 1.59 bits per heavy atom. The number of likely N-dealkylation sites (tertiary alicyclic amines) is 1. The summed E-state index contributed by atoms with van der Waals surface area (Å²) in [5.41, 5.74) is 0.389. The lowest BCUT2D eigenvalue weighted by Gasteiger charge is -2.52. The summed E-state index contributed by atoms with van der Waals surface area (Å²) in [6.45, 7) is 4.57. The summed E-state index contributed by atoms with van der Waals surface area (Å²) in [5.74, 6) is -0.248. The van der Waals surface area contributed by atoms with Crippen LogP contribution in [0, 0.1) is 5.92 Å². The number of nitrogens with one attached hydrogen (secondary N) is 1. The second kappa shape index (κ2) is 14.7. The van der Waals surface area contributed by atoms with E-state index in [4.69, 9.17) is 9.84 Å². The number of carbonyl (C=O) groups is 3. The van der Waals surface area contributed by atoms with E-state index in [1.165, 1.54) is 12.1 Å². The van der Waals surface area contributed by atoms with Gasteiger partial charge in [-0.3, -0.25) is 14.5 Å². The minimum Gasteiger partial charge on any atom is -0.478 e. The fourth-order valence-electron chi connectivity index (χ4n) is 6.73. The first-order chi connectivity index (χ1) is 20.7. The molecular weight excluding hydrogens is 586 g/mol. The lowest BCUT2D eigenvalue weighted by molar-refractivity contribution is -0.166. The predicted molar refractivity (Wildman–Crippen MR) is 167 cm³/mol. The van der Waals surface area contributed by atoms with Gasteiger partial charge in [-0.2, -0.15) is 0 Å². The number of halogens is 1. The fourth-order valence-corrected chi connectivity index (χ4v) is 6.73. The summed E-state index contributed by atoms with van der Waals surface area (Å²) < 4.78 is 5.85. The number of carboxylic acid groups (broad SMARTS) is 1. The van der Waals surface area contributed by atoms with Crippen molar-refractivity contribution in [3.63, 3.8) is 0 Å². The molecule has 240 valence electrons. The largest absolute Gasteiger partial charge is 0.478 e. The highest BCUT2D eigenvalue weighted by Crippen LogP contribution is 2.36. The Kier molecular flexibility index (Phi) is 11.3. The first-order valence-corrected chi connectivity index (χ1v) is 15.5. The van der Waals surface area contributed by atoms with Crippen LogP contribution in [0.3, 0.4) is 0 Å². The Balaban J connectivity index is 0.00000442. The molecule has 11 heteroatoms. The van der Waals surface area contributed by atoms with E-state index >= 15 is 0 Å². The third kappa shape index (κ3) is 7.37. The maximum Gasteiger partial charge on any atom is 0.335 e. The molecule has 5 rings (SSSR count). The molecule has 2 aliphatic heterocycles. The van der Waals surface area contributed by atoms with Crippen molar-refractivity contribution in [1.29, 1.82) is 0 Å². The van der Waals surface area contributed by atoms with Crippen LogP contribution in [0.15, 0.2) is 48.5 Å². The Labute approximate surface area is 264 Å². The predicted octanol–water partition coefficient (Wildman–Crippen LogP) is 3.97. The number of carboxylic acids is 1. The zero-order chi connectivity index (χ0) is 30.6. The first-order valence-electron chi connectivity index (χ1n) is 15.5. The van der Waals surface area contributed by atoms with E-state index in [0.29, 0.717) is 76.2 Å². The molecule has 2 saturated heterocycles. The maximum atomic E-state index is 13.8. The Morgan fingerprint density at radius 1 is 1.00 bits per heavy atom. The van der Waals surface area contributed by atoms with Crippen molar-refractivity contribution in [3.05, 3.63) is 59.7 Å². The molecule has 0 radical (unpaired) electrons. The summed E-state index contributed by atoms with van der Waals surface area (Å²) in [4.78, 5) is 42.7. The number of aromatic carboxylic acids is 1. The monoisotopic (exact) mass is 629 g/mol. The highest BCUT2D eigenvalue weighted by Gasteiger charge is 2.55. The second-order valence-corrected chi connectivity index (χ2v) is 12.2. The molecule has 1 spiro atoms. The number of unbranched alkanes of at least 4 members (excludes halogenated alkanes) is 1. The molecule has 1 aliphatic carbocycles. The van der Waals surface area contributed by atoms with E-state index in [2.05, 4.69) is 17.1 Å². The smallest absolute Gasteiger partial charge is 0.335 e. The van der Waals surface area contributed by atoms with E-state index < -0.39 is 23.7 Å². The van der Waals surface area contributed by atoms with Gasteiger partial charge in [-0.1, -0.05) is 25.5 Å². The summed E-state index contributed by atoms with van der Waals surface area (Å²) in [6, 6.07) is 13.1. The summed E-state index contributed by atoms with van der Waals surface area (Å²) in [5, 5.41) is 33.0. The van der Waals surface area contributed by atoms with Crippen LogP contribution in [0.5, 0.6) is 11.5 Å². The zero-order valence-corrected chi connectivity index (χ0v) is 26.0. The molecule has 0 bridgehead atoms. The molecule has 3 fully saturated rings. The number of piperazine rings is 1. The normalized spacial score (nSPS) is 24.3. The van der Waals surface area contributed by atoms with Gasteiger partial charge in [0.1, 0.15) is 23.1 Å². The number of benzene rings is 2. The number of rotatable bonds is 10. The minimum absolute atomic E-state index is 0. The van der Waals surface area contributed by atoms with E-state index in [0.717, 1.165) is 18.4 Å². The van der Waals surface area contributed by atoms with Crippen molar-refractivity contribution in [3.8, 4) is 11.5 Å². The van der Waals surface area contributed by atoms with Gasteiger partial charge in [0.25, 0.3) is 0 Å². The molecule has 0 aromatic heterocycles. The molecular formula is C33H44ClN3O7. The van der Waals surface area contributed by atoms with E-state index in [9.17, 15) is 24.6 Å². The minimum atomic E-state index is -0.983. The first kappa shape index (κ1) is 33.7. The molecule has 2 heterocycles. The zero-order valence-electron chi connectivity index (χ0n) is 25.2. The summed E-state index contributed by atoms with van der Waals surface area (Å²) in [6.07, 6.45) is 3.93. The van der Waals surface area contributed by atoms with Crippen LogP contribution in [-0.4, -0.2) is 86.3 Å². The molecule has 2 amide bonds. The maximum absolute atomic E-state index is 13.8. The van der Waals surface area contributed by atoms with Crippen LogP contribution in [0.4, 0.5) is 0 Å². The van der Waals surface area contributed by atoms with Gasteiger partial charge in [0.05, 0.1) is 17.8 Å². The molecule has 10 nitrogen and oxygen atoms in total. The van der Waals surface area contributed by atoms with Crippen LogP contribution in [0.2, 0.25) is 0 Å². The topological polar surface area (TPSA) is 140 Å². The number of hydrogen-bond donors (Lipinski definition) is 4. The Bertz CT molecular complexity index is 1270. The van der Waals surface area contributed by atoms with Gasteiger partial charge in [-0.15, -0.1) is 12.4 Å². The van der Waals surface area contributed by atoms with Gasteiger partial charge >= 0.3 is 5.97 Å². The number of nitrogens with zero attached hydrogens (tertiary/aromatic N) is 2. The molecule has 3 aliphatic rings. The van der Waals surface area contributed by atoms with Gasteiger partial charge in [0, 0.05) is 26.2 Å². The van der Waals surface area contributed by atoms with Gasteiger partial charge in [0.15, 0.2) is 0 Å². The highest BCUT2D eigenvalue weighted by molar-refractivity contribution is 6.00. The molecule has 44 heavy (non-hydrogen) atoms. The summed E-state index contributed by atoms with van der Waals surface area (Å²) in [7, 11) is 0. The fraction of sp³-hybridized carbons (Fsp3) is 0.545. The number of hydrogen-bond acceptors (Lipinski definition) is 7. The van der Waals surface area contributed by atoms with Gasteiger partial charge in [-0.25, -0.2) is 4.79 Å². The highest BCUT2D eigenvalue weighted by atomic mass is 35.5. The SMILES string of the molecule is CCCCN1C(=O)[C@@H]([C@H](O)C2CCC(O)CC2)NC(=O)C12CCN(Cc1ccc(Oc3ccc(C(=O)O)cc3)cc1)CC2.Cl. The van der Waals surface area contributed by atoms with Crippen LogP contribution in [0.25, 0.3) is 0 Å². The third-order valence-corrected chi connectivity index (χ3v) is 9.41. The number of aliphatic hydroxyl groups excluding tert-OH is 2. The Hall–Kier alpha value is -3.18. The summed E-state index contributed by atoms with van der Waals surface area (Å²) >= 11 is 0. The Morgan fingerprint density at radius 3 is 2.16 bits per heavy atom. The van der Waals surface area contributed by atoms with Crippen molar-refractivity contribution in [2.45, 2.75) is 88.6 Å². The van der Waals surface area contributed by atoms with Crippen LogP contribution in [0.1, 0.15) is 74.2 Å². The van der Waals surface area contributed by atoms with Gasteiger partial charge in [0.2, 0.25) is 11.8 Å². The number of piperidine rings is 1. The van der Waals surface area contributed by atoms with Crippen molar-refractivity contribution in [1.82, 2.24) is 15.1 Å². The van der Waals surface area contributed by atoms with Crippen LogP contribution in [-0.2, 0) is 16.1 Å². The van der Waals surface area contributed by atoms with E-state index in [-0.39, 0.29) is 41.8 Å². The van der Waals surface area contributed by atoms with Gasteiger partial charge in [-0.05, 0) is 92.8 Å². The standard InChI is InChI=1S/C33H43N3O7.ClH/c1-2-3-18-36-30(39)28(29(38)23-6-10-25(37)11-7-23)34-32(42)33(36)16-19-35(20-17-33)21-22-4-12-26(13-5-22)43-27-14-8-24(9-15-27)31(40)41;/h4-5,8-9,12-15,23,25,28-29,37-38H,2-3,6-7,10-11,16-21H2,1H3,(H,34,42)(H,40,41);1H/t23?,25?,28-,29-;/m1./s1. The molecule has 2 aromatic carbocycles. The van der Waals surface area contributed by atoms with E-state index in [1.807, 2.05) is 24.3 Å². The number of ether oxygens (including phenoxy) is 1. The number of aliphatic hydroxyl groups is 2. The lowest BCUT2D eigenvalue weighted by Crippen LogP contribution is -2.75. The average Bonchev–Trinajstić information content (AvgIpc) is 3.01. The average molecular weight is 630 g/mol. The van der Waals surface area contributed by atoms with E-state index in [1.54, 1.807) is 17.0 Å². The third-order valence-electron chi connectivity index (χ3n) is 9.41. The quantitative estimate of drug-likeness (QED) is 0.310. The molecule has 1 saturated carbocycles. The molecule has 4 N–H and O–H groups in total. The number of carbonyl (C=O) groups excluding carboxylic acids is 2. The molecule has 2 aromatic rings. The van der Waals surface area contributed by atoms with Gasteiger partial charge < -0.3 is 30.3 Å². The van der Waals surface area contributed by atoms with Crippen molar-refractivity contribution >= 4 is 30.2 Å². The van der Waals surface area contributed by atoms with Crippen molar-refractivity contribution in [2.24, 2.45) is 5.92 Å². The van der Waals surface area contributed by atoms with Crippen molar-refractivity contribution in [2.75, 3.05) is 19.6 Å². The van der Waals surface area contributed by atoms with Crippen LogP contribution < -0.4 is 10.1 Å². The van der Waals surface area contributed by atoms with Crippen LogP contribution >= 0.6 is 12.4 Å². The lowest BCUT2D eigenvalue weighted by atomic mass is 9.77. The molecule has 0 unspecified atom stereocenters. The molecule has 2 atom stereocenters. The second-order valence-electron chi connectivity index (χ2n) is 12.2.